The minimum Gasteiger partial charge on any atom is -0.394 e. The molecule has 0 amide bonds. The molecule has 0 aliphatic rings. The third-order valence-electron chi connectivity index (χ3n) is 3.25. The quantitative estimate of drug-likeness (QED) is 0.881. The Bertz CT molecular complexity index is 728. The molecule has 1 heterocycles. The topological polar surface area (TPSA) is 84.2 Å². The minimum atomic E-state index is -3.64. The van der Waals surface area contributed by atoms with Crippen LogP contribution in [0.1, 0.15) is 26.3 Å². The van der Waals surface area contributed by atoms with Gasteiger partial charge in [0.2, 0.25) is 0 Å². The number of nitrogens with one attached hydrogen (secondary N) is 1. The van der Waals surface area contributed by atoms with Crippen LogP contribution in [0.3, 0.4) is 0 Å². The van der Waals surface area contributed by atoms with Crippen molar-refractivity contribution in [2.75, 3.05) is 11.3 Å². The van der Waals surface area contributed by atoms with Crippen molar-refractivity contribution in [2.45, 2.75) is 37.6 Å². The van der Waals surface area contributed by atoms with Crippen LogP contribution in [0.5, 0.6) is 0 Å². The van der Waals surface area contributed by atoms with E-state index in [2.05, 4.69) is 30.6 Å². The van der Waals surface area contributed by atoms with Crippen molar-refractivity contribution in [2.24, 2.45) is 0 Å². The average molecular weight is 323 g/mol. The first-order chi connectivity index (χ1) is 10.2. The Morgan fingerprint density at radius 3 is 2.41 bits per heavy atom. The van der Waals surface area contributed by atoms with Crippen molar-refractivity contribution < 1.29 is 13.5 Å². The summed E-state index contributed by atoms with van der Waals surface area (Å²) in [7, 11) is -3.64. The fraction of sp³-hybridized carbons (Fsp3) is 0.400. The molecule has 0 spiro atoms. The molecule has 22 heavy (non-hydrogen) atoms. The van der Waals surface area contributed by atoms with Gasteiger partial charge in [0.15, 0.2) is 0 Å². The lowest BCUT2D eigenvalue weighted by atomic mass is 9.87. The van der Waals surface area contributed by atoms with E-state index in [0.717, 1.165) is 5.56 Å². The Hall–Kier alpha value is -1.86. The summed E-state index contributed by atoms with van der Waals surface area (Å²) < 4.78 is 28.6. The van der Waals surface area contributed by atoms with E-state index in [1.165, 1.54) is 17.1 Å². The minimum absolute atomic E-state index is 0.0266. The van der Waals surface area contributed by atoms with E-state index in [4.69, 9.17) is 5.11 Å². The van der Waals surface area contributed by atoms with Crippen LogP contribution < -0.4 is 4.72 Å². The van der Waals surface area contributed by atoms with Gasteiger partial charge < -0.3 is 5.11 Å². The molecular weight excluding hydrogens is 302 g/mol. The highest BCUT2D eigenvalue weighted by Crippen LogP contribution is 2.24. The Morgan fingerprint density at radius 1 is 1.23 bits per heavy atom. The van der Waals surface area contributed by atoms with Gasteiger partial charge in [-0.2, -0.15) is 5.10 Å². The zero-order valence-electron chi connectivity index (χ0n) is 12.9. The fourth-order valence-corrected chi connectivity index (χ4v) is 3.02. The van der Waals surface area contributed by atoms with Crippen LogP contribution in [0.15, 0.2) is 41.6 Å². The monoisotopic (exact) mass is 323 g/mol. The predicted molar refractivity (Wildman–Crippen MR) is 85.3 cm³/mol. The molecule has 0 unspecified atom stereocenters. The Morgan fingerprint density at radius 2 is 1.86 bits per heavy atom. The second kappa shape index (κ2) is 6.10. The third-order valence-corrected chi connectivity index (χ3v) is 4.64. The zero-order valence-corrected chi connectivity index (χ0v) is 13.8. The lowest BCUT2D eigenvalue weighted by Crippen LogP contribution is -2.14. The maximum absolute atomic E-state index is 12.3. The van der Waals surface area contributed by atoms with Gasteiger partial charge in [-0.05, 0) is 23.1 Å². The Balaban J connectivity index is 2.19. The number of benzene rings is 1. The van der Waals surface area contributed by atoms with Crippen molar-refractivity contribution in [3.63, 3.8) is 0 Å². The van der Waals surface area contributed by atoms with Crippen molar-refractivity contribution in [3.05, 3.63) is 42.2 Å². The molecule has 1 aromatic heterocycles. The molecule has 0 fully saturated rings. The maximum atomic E-state index is 12.3. The Kier molecular flexibility index (Phi) is 4.58. The molecule has 0 saturated heterocycles. The van der Waals surface area contributed by atoms with Crippen LogP contribution in [-0.4, -0.2) is 29.9 Å². The number of aliphatic hydroxyl groups is 1. The molecule has 0 bridgehead atoms. The number of nitrogens with zero attached hydrogens (tertiary/aromatic N) is 2. The normalized spacial score (nSPS) is 12.4. The second-order valence-electron chi connectivity index (χ2n) is 6.10. The highest BCUT2D eigenvalue weighted by atomic mass is 32.2. The predicted octanol–water partition coefficient (Wildman–Crippen LogP) is 1.97. The molecule has 2 aromatic rings. The van der Waals surface area contributed by atoms with E-state index in [9.17, 15) is 8.42 Å². The fourth-order valence-electron chi connectivity index (χ4n) is 1.99. The first-order valence-electron chi connectivity index (χ1n) is 6.99. The SMILES string of the molecule is CC(C)(C)c1ccc(S(=O)(=O)Nc2cnn(CCO)c2)cc1. The molecule has 7 heteroatoms. The van der Waals surface area contributed by atoms with Crippen LogP contribution in [0, 0.1) is 0 Å². The molecule has 0 radical (unpaired) electrons. The summed E-state index contributed by atoms with van der Waals surface area (Å²) in [4.78, 5) is 0.204. The van der Waals surface area contributed by atoms with Crippen molar-refractivity contribution >= 4 is 15.7 Å². The summed E-state index contributed by atoms with van der Waals surface area (Å²) in [6, 6.07) is 6.84. The number of aliphatic hydroxyl groups excluding tert-OH is 1. The molecule has 6 nitrogen and oxygen atoms in total. The molecule has 1 aromatic carbocycles. The summed E-state index contributed by atoms with van der Waals surface area (Å²) in [5.74, 6) is 0. The van der Waals surface area contributed by atoms with Gasteiger partial charge in [0.25, 0.3) is 10.0 Å². The molecule has 0 atom stereocenters. The summed E-state index contributed by atoms with van der Waals surface area (Å²) in [5, 5.41) is 12.8. The first kappa shape index (κ1) is 16.5. The van der Waals surface area contributed by atoms with Crippen LogP contribution in [0.25, 0.3) is 0 Å². The lowest BCUT2D eigenvalue weighted by molar-refractivity contribution is 0.269. The number of rotatable bonds is 5. The summed E-state index contributed by atoms with van der Waals surface area (Å²) in [6.07, 6.45) is 2.95. The number of hydrogen-bond acceptors (Lipinski definition) is 4. The Labute approximate surface area is 130 Å². The van der Waals surface area contributed by atoms with Gasteiger partial charge in [-0.15, -0.1) is 0 Å². The first-order valence-corrected chi connectivity index (χ1v) is 8.47. The molecule has 120 valence electrons. The van der Waals surface area contributed by atoms with Crippen LogP contribution in [0.4, 0.5) is 5.69 Å². The van der Waals surface area contributed by atoms with Gasteiger partial charge in [0.05, 0.1) is 29.9 Å². The maximum Gasteiger partial charge on any atom is 0.261 e. The standard InChI is InChI=1S/C15H21N3O3S/c1-15(2,3)12-4-6-14(7-5-12)22(20,21)17-13-10-16-18(11-13)8-9-19/h4-7,10-11,17,19H,8-9H2,1-3H3. The third kappa shape index (κ3) is 3.86. The van der Waals surface area contributed by atoms with Gasteiger partial charge in [0.1, 0.15) is 0 Å². The number of sulfonamides is 1. The highest BCUT2D eigenvalue weighted by Gasteiger charge is 2.18. The molecule has 0 aliphatic heterocycles. The van der Waals surface area contributed by atoms with Gasteiger partial charge in [-0.1, -0.05) is 32.9 Å². The molecule has 0 saturated carbocycles. The van der Waals surface area contributed by atoms with E-state index < -0.39 is 10.0 Å². The van der Waals surface area contributed by atoms with Crippen LogP contribution >= 0.6 is 0 Å². The molecular formula is C15H21N3O3S. The number of hydrogen-bond donors (Lipinski definition) is 2. The van der Waals surface area contributed by atoms with Gasteiger partial charge in [-0.3, -0.25) is 9.40 Å². The highest BCUT2D eigenvalue weighted by molar-refractivity contribution is 7.92. The van der Waals surface area contributed by atoms with Crippen molar-refractivity contribution in [1.29, 1.82) is 0 Å². The van der Waals surface area contributed by atoms with Gasteiger partial charge in [0, 0.05) is 6.20 Å². The summed E-state index contributed by atoms with van der Waals surface area (Å²) in [6.45, 7) is 6.49. The molecule has 2 N–H and O–H groups in total. The smallest absolute Gasteiger partial charge is 0.261 e. The summed E-state index contributed by atoms with van der Waals surface area (Å²) >= 11 is 0. The van der Waals surface area contributed by atoms with E-state index in [0.29, 0.717) is 12.2 Å². The second-order valence-corrected chi connectivity index (χ2v) is 7.78. The van der Waals surface area contributed by atoms with Gasteiger partial charge >= 0.3 is 0 Å². The summed E-state index contributed by atoms with van der Waals surface area (Å²) in [5.41, 5.74) is 1.41. The van der Waals surface area contributed by atoms with E-state index in [1.54, 1.807) is 12.1 Å². The average Bonchev–Trinajstić information content (AvgIpc) is 2.85. The molecule has 2 rings (SSSR count). The largest absolute Gasteiger partial charge is 0.394 e. The van der Waals surface area contributed by atoms with Crippen molar-refractivity contribution in [1.82, 2.24) is 9.78 Å². The van der Waals surface area contributed by atoms with Crippen molar-refractivity contribution in [3.8, 4) is 0 Å². The lowest BCUT2D eigenvalue weighted by Gasteiger charge is -2.19. The van der Waals surface area contributed by atoms with E-state index >= 15 is 0 Å². The van der Waals surface area contributed by atoms with Gasteiger partial charge in [-0.25, -0.2) is 8.42 Å². The zero-order chi connectivity index (χ0) is 16.4. The number of anilines is 1. The van der Waals surface area contributed by atoms with E-state index in [1.807, 2.05) is 12.1 Å². The van der Waals surface area contributed by atoms with Crippen LogP contribution in [0.2, 0.25) is 0 Å². The molecule has 0 aliphatic carbocycles. The van der Waals surface area contributed by atoms with E-state index in [-0.39, 0.29) is 16.9 Å². The number of aromatic nitrogens is 2. The van der Waals surface area contributed by atoms with Crippen LogP contribution in [-0.2, 0) is 22.0 Å².